The number of pyridine rings is 1. The highest BCUT2D eigenvalue weighted by Gasteiger charge is 2.05. The molecule has 0 radical (unpaired) electrons. The van der Waals surface area contributed by atoms with Gasteiger partial charge in [0.15, 0.2) is 0 Å². The van der Waals surface area contributed by atoms with Crippen molar-refractivity contribution in [2.45, 2.75) is 30.4 Å². The molecule has 0 atom stereocenters. The molecule has 3 nitrogen and oxygen atoms in total. The van der Waals surface area contributed by atoms with Crippen molar-refractivity contribution < 1.29 is 0 Å². The van der Waals surface area contributed by atoms with Crippen molar-refractivity contribution in [1.29, 1.82) is 0 Å². The highest BCUT2D eigenvalue weighted by atomic mass is 32.2. The Balaban J connectivity index is 1.99. The highest BCUT2D eigenvalue weighted by molar-refractivity contribution is 8.00. The third kappa shape index (κ3) is 3.71. The van der Waals surface area contributed by atoms with Crippen molar-refractivity contribution in [2.24, 2.45) is 0 Å². The van der Waals surface area contributed by atoms with Crippen LogP contribution in [0.4, 0.5) is 5.82 Å². The van der Waals surface area contributed by atoms with Crippen LogP contribution < -0.4 is 5.32 Å². The Morgan fingerprint density at radius 3 is 3.06 bits per heavy atom. The van der Waals surface area contributed by atoms with E-state index in [2.05, 4.69) is 33.7 Å². The van der Waals surface area contributed by atoms with Gasteiger partial charge in [-0.25, -0.2) is 9.97 Å². The van der Waals surface area contributed by atoms with Crippen LogP contribution in [0.1, 0.15) is 24.6 Å². The maximum atomic E-state index is 4.46. The maximum Gasteiger partial charge on any atom is 0.150 e. The first-order chi connectivity index (χ1) is 8.79. The molecular formula is C13H17N3S2. The Morgan fingerprint density at radius 1 is 1.44 bits per heavy atom. The summed E-state index contributed by atoms with van der Waals surface area (Å²) in [6, 6.07) is 4.11. The molecule has 0 saturated carbocycles. The molecule has 0 aliphatic carbocycles. The van der Waals surface area contributed by atoms with Gasteiger partial charge in [0, 0.05) is 35.1 Å². The van der Waals surface area contributed by atoms with Gasteiger partial charge in [0.05, 0.1) is 0 Å². The van der Waals surface area contributed by atoms with E-state index >= 15 is 0 Å². The van der Waals surface area contributed by atoms with Crippen LogP contribution in [-0.2, 0) is 5.75 Å². The van der Waals surface area contributed by atoms with E-state index in [1.54, 1.807) is 23.1 Å². The first kappa shape index (κ1) is 13.4. The van der Waals surface area contributed by atoms with E-state index in [9.17, 15) is 0 Å². The Morgan fingerprint density at radius 2 is 2.33 bits per heavy atom. The number of anilines is 1. The molecule has 0 bridgehead atoms. The summed E-state index contributed by atoms with van der Waals surface area (Å²) in [5, 5.41) is 5.45. The molecule has 2 rings (SSSR count). The minimum atomic E-state index is 0.910. The minimum Gasteiger partial charge on any atom is -0.370 e. The van der Waals surface area contributed by atoms with Gasteiger partial charge in [0.2, 0.25) is 0 Å². The fourth-order valence-corrected chi connectivity index (χ4v) is 3.33. The van der Waals surface area contributed by atoms with E-state index in [4.69, 9.17) is 0 Å². The average Bonchev–Trinajstić information content (AvgIpc) is 2.81. The SMILES string of the molecule is CCCNc1ncccc1CSc1nc(C)cs1. The van der Waals surface area contributed by atoms with Crippen LogP contribution in [0.2, 0.25) is 0 Å². The minimum absolute atomic E-state index is 0.910. The number of hydrogen-bond acceptors (Lipinski definition) is 5. The van der Waals surface area contributed by atoms with E-state index < -0.39 is 0 Å². The van der Waals surface area contributed by atoms with E-state index in [-0.39, 0.29) is 0 Å². The van der Waals surface area contributed by atoms with Gasteiger partial charge in [-0.1, -0.05) is 24.8 Å². The fourth-order valence-electron chi connectivity index (χ4n) is 1.50. The van der Waals surface area contributed by atoms with Crippen molar-refractivity contribution in [3.8, 4) is 0 Å². The van der Waals surface area contributed by atoms with Gasteiger partial charge in [-0.05, 0) is 19.4 Å². The van der Waals surface area contributed by atoms with Crippen LogP contribution in [0, 0.1) is 6.92 Å². The fraction of sp³-hybridized carbons (Fsp3) is 0.385. The second-order valence-electron chi connectivity index (χ2n) is 3.98. The number of aromatic nitrogens is 2. The summed E-state index contributed by atoms with van der Waals surface area (Å²) in [7, 11) is 0. The normalized spacial score (nSPS) is 10.6. The molecule has 2 heterocycles. The van der Waals surface area contributed by atoms with Crippen LogP contribution in [0.5, 0.6) is 0 Å². The summed E-state index contributed by atoms with van der Waals surface area (Å²) in [5.41, 5.74) is 2.34. The summed E-state index contributed by atoms with van der Waals surface area (Å²) in [6.45, 7) is 5.15. The number of rotatable bonds is 6. The number of aryl methyl sites for hydroxylation is 1. The molecule has 18 heavy (non-hydrogen) atoms. The number of thiazole rings is 1. The summed E-state index contributed by atoms with van der Waals surface area (Å²) in [4.78, 5) is 8.85. The van der Waals surface area contributed by atoms with Crippen LogP contribution in [-0.4, -0.2) is 16.5 Å². The first-order valence-electron chi connectivity index (χ1n) is 6.02. The smallest absolute Gasteiger partial charge is 0.150 e. The standard InChI is InChI=1S/C13H17N3S2/c1-3-6-14-12-11(5-4-7-15-12)9-18-13-16-10(2)8-17-13/h4-5,7-8H,3,6,9H2,1-2H3,(H,14,15). The van der Waals surface area contributed by atoms with Crippen LogP contribution >= 0.6 is 23.1 Å². The van der Waals surface area contributed by atoms with Crippen molar-refractivity contribution in [3.05, 3.63) is 35.0 Å². The molecule has 0 aromatic carbocycles. The molecule has 0 saturated heterocycles. The molecule has 0 amide bonds. The zero-order valence-electron chi connectivity index (χ0n) is 10.6. The molecule has 0 fully saturated rings. The van der Waals surface area contributed by atoms with Gasteiger partial charge >= 0.3 is 0 Å². The van der Waals surface area contributed by atoms with E-state index in [1.807, 2.05) is 19.2 Å². The van der Waals surface area contributed by atoms with Crippen molar-refractivity contribution in [3.63, 3.8) is 0 Å². The topological polar surface area (TPSA) is 37.8 Å². The van der Waals surface area contributed by atoms with Crippen LogP contribution in [0.25, 0.3) is 0 Å². The molecular weight excluding hydrogens is 262 g/mol. The lowest BCUT2D eigenvalue weighted by Crippen LogP contribution is -2.04. The lowest BCUT2D eigenvalue weighted by molar-refractivity contribution is 0.965. The zero-order valence-corrected chi connectivity index (χ0v) is 12.3. The summed E-state index contributed by atoms with van der Waals surface area (Å²) >= 11 is 3.47. The number of hydrogen-bond donors (Lipinski definition) is 1. The Kier molecular flexibility index (Phi) is 5.01. The Labute approximate surface area is 116 Å². The summed E-state index contributed by atoms with van der Waals surface area (Å²) in [6.07, 6.45) is 2.94. The molecule has 0 aliphatic rings. The average molecular weight is 279 g/mol. The summed E-state index contributed by atoms with van der Waals surface area (Å²) < 4.78 is 1.12. The molecule has 0 spiro atoms. The number of nitrogens with zero attached hydrogens (tertiary/aromatic N) is 2. The van der Waals surface area contributed by atoms with Crippen LogP contribution in [0.3, 0.4) is 0 Å². The van der Waals surface area contributed by atoms with E-state index in [0.29, 0.717) is 0 Å². The van der Waals surface area contributed by atoms with Gasteiger partial charge in [-0.3, -0.25) is 0 Å². The zero-order chi connectivity index (χ0) is 12.8. The highest BCUT2D eigenvalue weighted by Crippen LogP contribution is 2.27. The maximum absolute atomic E-state index is 4.46. The third-order valence-electron chi connectivity index (χ3n) is 2.38. The van der Waals surface area contributed by atoms with E-state index in [1.165, 1.54) is 5.56 Å². The number of thioether (sulfide) groups is 1. The van der Waals surface area contributed by atoms with Gasteiger partial charge < -0.3 is 5.32 Å². The van der Waals surface area contributed by atoms with Gasteiger partial charge in [-0.2, -0.15) is 0 Å². The van der Waals surface area contributed by atoms with Crippen molar-refractivity contribution in [2.75, 3.05) is 11.9 Å². The number of nitrogens with one attached hydrogen (secondary N) is 1. The molecule has 2 aromatic rings. The second kappa shape index (κ2) is 6.75. The Bertz CT molecular complexity index is 496. The van der Waals surface area contributed by atoms with Gasteiger partial charge in [-0.15, -0.1) is 11.3 Å². The Hall–Kier alpha value is -1.07. The van der Waals surface area contributed by atoms with Gasteiger partial charge in [0.1, 0.15) is 10.2 Å². The largest absolute Gasteiger partial charge is 0.370 e. The lowest BCUT2D eigenvalue weighted by Gasteiger charge is -2.08. The molecule has 2 aromatic heterocycles. The third-order valence-corrected chi connectivity index (χ3v) is 4.57. The quantitative estimate of drug-likeness (QED) is 0.812. The predicted molar refractivity (Wildman–Crippen MR) is 79.4 cm³/mol. The van der Waals surface area contributed by atoms with Gasteiger partial charge in [0.25, 0.3) is 0 Å². The van der Waals surface area contributed by atoms with Crippen LogP contribution in [0.15, 0.2) is 28.0 Å². The second-order valence-corrected chi connectivity index (χ2v) is 6.06. The molecule has 96 valence electrons. The van der Waals surface area contributed by atoms with Crippen molar-refractivity contribution in [1.82, 2.24) is 9.97 Å². The predicted octanol–water partition coefficient (Wildman–Crippen LogP) is 3.96. The summed E-state index contributed by atoms with van der Waals surface area (Å²) in [5.74, 6) is 1.91. The lowest BCUT2D eigenvalue weighted by atomic mass is 10.3. The molecule has 0 aliphatic heterocycles. The first-order valence-corrected chi connectivity index (χ1v) is 7.89. The van der Waals surface area contributed by atoms with E-state index in [0.717, 1.165) is 34.6 Å². The monoisotopic (exact) mass is 279 g/mol. The van der Waals surface area contributed by atoms with Crippen molar-refractivity contribution >= 4 is 28.9 Å². The molecule has 0 unspecified atom stereocenters. The molecule has 1 N–H and O–H groups in total. The molecule has 5 heteroatoms.